The summed E-state index contributed by atoms with van der Waals surface area (Å²) in [4.78, 5) is 35.7. The van der Waals surface area contributed by atoms with E-state index in [-0.39, 0.29) is 11.5 Å². The second kappa shape index (κ2) is 10.2. The van der Waals surface area contributed by atoms with Crippen molar-refractivity contribution in [3.05, 3.63) is 76.6 Å². The number of amides is 1. The van der Waals surface area contributed by atoms with E-state index in [1.165, 1.54) is 11.3 Å². The number of likely N-dealkylation sites (N-methyl/N-ethyl adjacent to an activating group) is 1. The lowest BCUT2D eigenvalue weighted by Crippen LogP contribution is -2.43. The lowest BCUT2D eigenvalue weighted by molar-refractivity contribution is -0.127. The molecule has 2 aromatic heterocycles. The van der Waals surface area contributed by atoms with Crippen LogP contribution in [0.2, 0.25) is 0 Å². The third kappa shape index (κ3) is 4.46. The van der Waals surface area contributed by atoms with Gasteiger partial charge >= 0.3 is 0 Å². The van der Waals surface area contributed by atoms with E-state index in [1.807, 2.05) is 51.3 Å². The van der Waals surface area contributed by atoms with E-state index in [9.17, 15) is 9.59 Å². The highest BCUT2D eigenvalue weighted by Gasteiger charge is 2.36. The van der Waals surface area contributed by atoms with E-state index in [2.05, 4.69) is 0 Å². The molecule has 0 N–H and O–H groups in total. The van der Waals surface area contributed by atoms with Crippen molar-refractivity contribution in [2.24, 2.45) is 4.99 Å². The van der Waals surface area contributed by atoms with Crippen molar-refractivity contribution in [1.82, 2.24) is 9.47 Å². The highest BCUT2D eigenvalue weighted by Crippen LogP contribution is 2.38. The highest BCUT2D eigenvalue weighted by molar-refractivity contribution is 7.11. The Hall–Kier alpha value is -3.17. The van der Waals surface area contributed by atoms with Crippen molar-refractivity contribution < 1.29 is 14.3 Å². The third-order valence-corrected chi connectivity index (χ3v) is 8.15. The fourth-order valence-corrected chi connectivity index (χ4v) is 6.24. The molecule has 0 saturated carbocycles. The van der Waals surface area contributed by atoms with Crippen LogP contribution in [0.4, 0.5) is 0 Å². The van der Waals surface area contributed by atoms with Crippen LogP contribution in [0, 0.1) is 6.92 Å². The van der Waals surface area contributed by atoms with Crippen LogP contribution in [0.5, 0.6) is 11.5 Å². The van der Waals surface area contributed by atoms with Gasteiger partial charge in [0, 0.05) is 23.5 Å². The van der Waals surface area contributed by atoms with Crippen molar-refractivity contribution in [2.75, 3.05) is 27.3 Å². The third-order valence-electron chi connectivity index (χ3n) is 6.20. The molecule has 0 fully saturated rings. The van der Waals surface area contributed by atoms with Gasteiger partial charge in [-0.15, -0.1) is 11.3 Å². The molecule has 0 saturated heterocycles. The number of hydrogen-bond acceptors (Lipinski definition) is 7. The zero-order valence-electron chi connectivity index (χ0n) is 20.7. The van der Waals surface area contributed by atoms with Crippen LogP contribution < -0.4 is 24.4 Å². The molecule has 1 aliphatic rings. The maximum absolute atomic E-state index is 13.8. The first-order valence-corrected chi connectivity index (χ1v) is 13.1. The average molecular weight is 512 g/mol. The van der Waals surface area contributed by atoms with Gasteiger partial charge in [-0.25, -0.2) is 4.99 Å². The first kappa shape index (κ1) is 24.9. The number of benzene rings is 1. The van der Waals surface area contributed by atoms with Gasteiger partial charge in [0.05, 0.1) is 30.0 Å². The summed E-state index contributed by atoms with van der Waals surface area (Å²) in [5, 5.41) is 2.01. The number of thiophene rings is 1. The van der Waals surface area contributed by atoms with E-state index in [1.54, 1.807) is 47.2 Å². The maximum atomic E-state index is 13.8. The van der Waals surface area contributed by atoms with Gasteiger partial charge < -0.3 is 14.4 Å². The summed E-state index contributed by atoms with van der Waals surface area (Å²) in [6, 6.07) is 6.76. The van der Waals surface area contributed by atoms with E-state index >= 15 is 0 Å². The van der Waals surface area contributed by atoms with Crippen LogP contribution in [-0.2, 0) is 4.79 Å². The molecule has 7 nitrogen and oxygen atoms in total. The van der Waals surface area contributed by atoms with Gasteiger partial charge in [0.2, 0.25) is 0 Å². The van der Waals surface area contributed by atoms with Crippen LogP contribution in [0.25, 0.3) is 6.08 Å². The van der Waals surface area contributed by atoms with Gasteiger partial charge in [-0.2, -0.15) is 0 Å². The molecular weight excluding hydrogens is 482 g/mol. The molecule has 9 heteroatoms. The molecule has 1 aromatic carbocycles. The summed E-state index contributed by atoms with van der Waals surface area (Å²) in [6.45, 7) is 8.84. The SMILES string of the molecule is CCN(CC)C(=O)C1=C(C)N=c2s/c(=C/c3sccc3C)c(=O)n2[C@@H]1c1cc(OC)ccc1OC. The molecule has 4 rings (SSSR count). The normalized spacial score (nSPS) is 15.6. The molecule has 3 heterocycles. The Morgan fingerprint density at radius 1 is 1.17 bits per heavy atom. The van der Waals surface area contributed by atoms with Crippen molar-refractivity contribution in [3.63, 3.8) is 0 Å². The van der Waals surface area contributed by atoms with Crippen LogP contribution >= 0.6 is 22.7 Å². The molecule has 35 heavy (non-hydrogen) atoms. The molecule has 0 spiro atoms. The first-order valence-electron chi connectivity index (χ1n) is 11.4. The van der Waals surface area contributed by atoms with E-state index < -0.39 is 6.04 Å². The van der Waals surface area contributed by atoms with Gasteiger partial charge in [0.15, 0.2) is 4.80 Å². The topological polar surface area (TPSA) is 73.1 Å². The molecule has 0 unspecified atom stereocenters. The zero-order chi connectivity index (χ0) is 25.3. The number of nitrogens with zero attached hydrogens (tertiary/aromatic N) is 3. The van der Waals surface area contributed by atoms with Gasteiger partial charge in [0.25, 0.3) is 11.5 Å². The van der Waals surface area contributed by atoms with Crippen LogP contribution in [0.3, 0.4) is 0 Å². The molecule has 0 aliphatic carbocycles. The maximum Gasteiger partial charge on any atom is 0.271 e. The van der Waals surface area contributed by atoms with Crippen molar-refractivity contribution in [1.29, 1.82) is 0 Å². The first-order chi connectivity index (χ1) is 16.8. The molecule has 0 bridgehead atoms. The Labute approximate surface area is 212 Å². The number of aryl methyl sites for hydroxylation is 1. The Bertz CT molecular complexity index is 1470. The smallest absolute Gasteiger partial charge is 0.271 e. The molecule has 0 radical (unpaired) electrons. The number of aromatic nitrogens is 1. The van der Waals surface area contributed by atoms with Crippen LogP contribution in [-0.4, -0.2) is 42.7 Å². The van der Waals surface area contributed by atoms with Gasteiger partial charge in [-0.05, 0) is 69.0 Å². The minimum absolute atomic E-state index is 0.144. The summed E-state index contributed by atoms with van der Waals surface area (Å²) in [7, 11) is 3.17. The Morgan fingerprint density at radius 3 is 2.51 bits per heavy atom. The second-order valence-electron chi connectivity index (χ2n) is 8.13. The number of carbonyl (C=O) groups excluding carboxylic acids is 1. The summed E-state index contributed by atoms with van der Waals surface area (Å²) in [5.74, 6) is 1.04. The van der Waals surface area contributed by atoms with E-state index in [0.29, 0.717) is 50.8 Å². The monoisotopic (exact) mass is 511 g/mol. The predicted molar refractivity (Wildman–Crippen MR) is 140 cm³/mol. The Balaban J connectivity index is 2.04. The van der Waals surface area contributed by atoms with Gasteiger partial charge in [0.1, 0.15) is 17.5 Å². The largest absolute Gasteiger partial charge is 0.497 e. The lowest BCUT2D eigenvalue weighted by Gasteiger charge is -2.30. The average Bonchev–Trinajstić information content (AvgIpc) is 3.40. The molecule has 184 valence electrons. The molecular formula is C26H29N3O4S2. The molecule has 1 aliphatic heterocycles. The lowest BCUT2D eigenvalue weighted by atomic mass is 9.93. The number of rotatable bonds is 7. The van der Waals surface area contributed by atoms with Crippen LogP contribution in [0.1, 0.15) is 42.8 Å². The summed E-state index contributed by atoms with van der Waals surface area (Å²) < 4.78 is 13.4. The minimum Gasteiger partial charge on any atom is -0.497 e. The van der Waals surface area contributed by atoms with Crippen LogP contribution in [0.15, 0.2) is 50.7 Å². The molecule has 3 aromatic rings. The summed E-state index contributed by atoms with van der Waals surface area (Å²) in [6.07, 6.45) is 1.91. The number of fused-ring (bicyclic) bond motifs is 1. The zero-order valence-corrected chi connectivity index (χ0v) is 22.4. The molecule has 1 amide bonds. The summed E-state index contributed by atoms with van der Waals surface area (Å²) >= 11 is 2.92. The van der Waals surface area contributed by atoms with Crippen molar-refractivity contribution in [3.8, 4) is 11.5 Å². The van der Waals surface area contributed by atoms with Gasteiger partial charge in [-0.1, -0.05) is 11.3 Å². The standard InChI is InChI=1S/C26H29N3O4S2/c1-7-28(8-2)25(31)22-16(4)27-26-29(23(22)18-13-17(32-5)9-10-19(18)33-6)24(30)21(35-26)14-20-15(3)11-12-34-20/h9-14,23H,7-8H2,1-6H3/b21-14+/t23-/m1/s1. The Morgan fingerprint density at radius 2 is 1.91 bits per heavy atom. The fraction of sp³-hybridized carbons (Fsp3) is 0.346. The minimum atomic E-state index is -0.698. The van der Waals surface area contributed by atoms with Gasteiger partial charge in [-0.3, -0.25) is 14.2 Å². The number of allylic oxidation sites excluding steroid dienone is 1. The fourth-order valence-electron chi connectivity index (χ4n) is 4.27. The van der Waals surface area contributed by atoms with Crippen molar-refractivity contribution in [2.45, 2.75) is 33.7 Å². The number of thiazole rings is 1. The van der Waals surface area contributed by atoms with Crippen molar-refractivity contribution >= 4 is 34.7 Å². The highest BCUT2D eigenvalue weighted by atomic mass is 32.1. The van der Waals surface area contributed by atoms with E-state index in [0.717, 1.165) is 10.4 Å². The number of hydrogen-bond donors (Lipinski definition) is 0. The second-order valence-corrected chi connectivity index (χ2v) is 10.1. The number of methoxy groups -OCH3 is 2. The summed E-state index contributed by atoms with van der Waals surface area (Å²) in [5.41, 5.74) is 2.66. The number of carbonyl (C=O) groups is 1. The molecule has 1 atom stereocenters. The Kier molecular flexibility index (Phi) is 7.28. The van der Waals surface area contributed by atoms with E-state index in [4.69, 9.17) is 14.5 Å². The predicted octanol–water partition coefficient (Wildman–Crippen LogP) is 3.49. The number of ether oxygens (including phenoxy) is 2. The quantitative estimate of drug-likeness (QED) is 0.487.